The number of para-hydroxylation sites is 1. The molecule has 0 atom stereocenters. The molecule has 17 nitrogen and oxygen atoms in total. The Hall–Kier alpha value is 1.02. The van der Waals surface area contributed by atoms with E-state index >= 15 is 0 Å². The Morgan fingerprint density at radius 2 is 0.853 bits per heavy atom. The maximum absolute atomic E-state index is 6.06. The van der Waals surface area contributed by atoms with Crippen molar-refractivity contribution in [3.63, 3.8) is 0 Å². The maximum Gasteiger partial charge on any atom is 0.396 e. The van der Waals surface area contributed by atoms with Gasteiger partial charge in [-0.2, -0.15) is 4.58 Å². The van der Waals surface area contributed by atoms with Crippen LogP contribution in [0.1, 0.15) is 44.1 Å². The molecule has 0 spiro atoms. The van der Waals surface area contributed by atoms with Crippen LogP contribution in [0.3, 0.4) is 0 Å². The van der Waals surface area contributed by atoms with Gasteiger partial charge in [0.25, 0.3) is 0 Å². The molecule has 1 fully saturated rings. The molecule has 3 aliphatic heterocycles. The van der Waals surface area contributed by atoms with Crippen molar-refractivity contribution in [3.05, 3.63) is 96.8 Å². The minimum Gasteiger partial charge on any atom is -0.290 e. The third-order valence-electron chi connectivity index (χ3n) is 9.27. The Morgan fingerprint density at radius 3 is 1.32 bits per heavy atom. The Bertz CT molecular complexity index is 2840. The minimum absolute atomic E-state index is 0. The number of fused-ring (bicyclic) bond motifs is 3. The summed E-state index contributed by atoms with van der Waals surface area (Å²) in [6.45, 7) is 4.05. The van der Waals surface area contributed by atoms with Gasteiger partial charge >= 0.3 is 185 Å². The van der Waals surface area contributed by atoms with Gasteiger partial charge in [-0.1, -0.05) is 35.2 Å². The summed E-state index contributed by atoms with van der Waals surface area (Å²) in [5.74, 6) is 2.67. The largest absolute Gasteiger partial charge is 0.396 e. The van der Waals surface area contributed by atoms with Crippen molar-refractivity contribution in [3.8, 4) is 0 Å². The number of benzene rings is 2. The van der Waals surface area contributed by atoms with E-state index in [9.17, 15) is 0 Å². The molecule has 0 unspecified atom stereocenters. The summed E-state index contributed by atoms with van der Waals surface area (Å²) in [5.41, 5.74) is 5.51. The Morgan fingerprint density at radius 1 is 0.467 bits per heavy atom. The van der Waals surface area contributed by atoms with Crippen molar-refractivity contribution in [2.24, 2.45) is 0 Å². The zero-order valence-electron chi connectivity index (χ0n) is 38.4. The van der Waals surface area contributed by atoms with Crippen LogP contribution in [0.15, 0.2) is 91.3 Å². The molecule has 0 saturated carbocycles. The second kappa shape index (κ2) is 31.1. The molecule has 38 heteroatoms. The first-order chi connectivity index (χ1) is 33.3. The van der Waals surface area contributed by atoms with Gasteiger partial charge in [-0.05, 0) is 73.9 Å². The number of pyridine rings is 2. The van der Waals surface area contributed by atoms with E-state index in [1.54, 1.807) is 12.4 Å². The molecular weight excluding hydrogens is 1690 g/mol. The maximum atomic E-state index is 6.06. The van der Waals surface area contributed by atoms with Crippen molar-refractivity contribution >= 4 is 219 Å². The quantitative estimate of drug-likeness (QED) is 0.145. The summed E-state index contributed by atoms with van der Waals surface area (Å²) < 4.78 is 6.43. The molecule has 418 valence electrons. The fraction of sp³-hybridized carbons (Fsp3) is 0.324. The third-order valence-corrected chi connectivity index (χ3v) is 9.27. The summed E-state index contributed by atoms with van der Waals surface area (Å²) in [7, 11) is 79.8. The number of nitrogens with zero attached hydrogens (tertiary/aromatic N) is 14. The molecule has 2 aromatic carbocycles. The number of halogens is 18. The summed E-state index contributed by atoms with van der Waals surface area (Å²) in [4.78, 5) is 30.2. The molecule has 10 rings (SSSR count). The first kappa shape index (κ1) is 72.1. The van der Waals surface area contributed by atoms with Crippen LogP contribution in [-0.2, 0) is 0 Å². The first-order valence-corrected chi connectivity index (χ1v) is 69.1. The van der Waals surface area contributed by atoms with Gasteiger partial charge in [-0.25, -0.2) is 19.1 Å². The average Bonchev–Trinajstić information content (AvgIpc) is 4.15. The molecular formula is C37H41Cl18N14O3Sb3. The molecule has 0 radical (unpaired) electrons. The minimum atomic E-state index is -4.33. The van der Waals surface area contributed by atoms with E-state index in [1.807, 2.05) is 93.0 Å². The zero-order chi connectivity index (χ0) is 53.0. The van der Waals surface area contributed by atoms with E-state index in [4.69, 9.17) is 147 Å². The summed E-state index contributed by atoms with van der Waals surface area (Å²) in [6.07, 6.45) is 9.92. The second-order valence-electron chi connectivity index (χ2n) is 15.0. The second-order valence-corrected chi connectivity index (χ2v) is 129. The van der Waals surface area contributed by atoms with Crippen molar-refractivity contribution in [2.75, 3.05) is 40.3 Å². The number of hydrogen-bond acceptors (Lipinski definition) is 11. The van der Waals surface area contributed by atoms with Gasteiger partial charge in [0.2, 0.25) is 11.3 Å². The van der Waals surface area contributed by atoms with Crippen LogP contribution < -0.4 is 51.7 Å². The zero-order valence-corrected chi connectivity index (χ0v) is 59.6. The Balaban J connectivity index is 0.000000329. The first-order valence-electron chi connectivity index (χ1n) is 20.6. The molecule has 0 bridgehead atoms. The summed E-state index contributed by atoms with van der Waals surface area (Å²) >= 11 is -13.0. The Labute approximate surface area is 507 Å². The van der Waals surface area contributed by atoms with Crippen LogP contribution >= 0.6 is 132 Å². The molecule has 0 aliphatic carbocycles. The van der Waals surface area contributed by atoms with Gasteiger partial charge in [0.1, 0.15) is 62.3 Å². The topological polar surface area (TPSA) is 155 Å². The van der Waals surface area contributed by atoms with Gasteiger partial charge in [-0.3, -0.25) is 14.5 Å². The molecule has 5 aromatic heterocycles. The van der Waals surface area contributed by atoms with Crippen LogP contribution in [0.4, 0.5) is 0 Å². The number of hydrogen-bond donors (Lipinski definition) is 0. The smallest absolute Gasteiger partial charge is 0.290 e. The van der Waals surface area contributed by atoms with E-state index in [0.717, 1.165) is 97.2 Å². The van der Waals surface area contributed by atoms with Crippen molar-refractivity contribution in [1.29, 1.82) is 0 Å². The molecule has 0 N–H and O–H groups in total. The van der Waals surface area contributed by atoms with Crippen LogP contribution in [0, 0.1) is 0 Å². The van der Waals surface area contributed by atoms with E-state index in [0.29, 0.717) is 11.3 Å². The third kappa shape index (κ3) is 29.7. The van der Waals surface area contributed by atoms with Crippen LogP contribution in [0.5, 0.6) is 0 Å². The van der Waals surface area contributed by atoms with E-state index in [1.165, 1.54) is 27.4 Å². The van der Waals surface area contributed by atoms with Gasteiger partial charge in [0, 0.05) is 38.1 Å². The standard InChI is InChI=1S/C16H16N5O.C11H13N4O.C10H12N5O.18ClH.3Sb/c1-2-7-13(8-3-1)16(20-11-4-5-12-20)22-21-15-14(18-19-21)9-6-10-17-15;1-14-8-4-7-11(14)16-15-10-6-3-2-5-9(10)12-13-15;1-14-7-3-5-9(14)16-15-10-8(12-13-15)4-2-6-11-10;;;;;;;;;;;;;;;;;;;;;/h1-3,6-10H,4-5,11-12H2;2-3,5-6H,4,7-8H2,1H3;2,4,6H,3,5,7H2,1H3;18*1H;;;/q3*+1;;;;;;;;;;;;;;;;;;;3*+5/p-18. The molecule has 8 heterocycles. The number of rotatable bonds is 4. The van der Waals surface area contributed by atoms with Crippen LogP contribution in [0.25, 0.3) is 33.4 Å². The fourth-order valence-corrected chi connectivity index (χ4v) is 6.40. The van der Waals surface area contributed by atoms with E-state index < -0.39 is 35.1 Å². The predicted octanol–water partition coefficient (Wildman–Crippen LogP) is 2.50. The molecule has 1 saturated heterocycles. The van der Waals surface area contributed by atoms with Gasteiger partial charge < -0.3 is 37.2 Å². The molecule has 7 aromatic rings. The SMILES string of the molecule is C[N+]1=C(On2nnc3ccccc32)CCC1.C[N+]1=C(On2nnc3cccnc32)CCC1.[Cl-].[Cl-].[Cl-].[Cl][Sb]([Cl])([Cl])([Cl])[Cl].[Cl][Sb]([Cl])([Cl])([Cl])[Cl].[Cl][Sb]([Cl])([Cl])([Cl])[Cl].c1ccc(C(On2nnc3cccnc32)=[N+]2CCCC2)cc1. The molecule has 75 heavy (non-hydrogen) atoms. The summed E-state index contributed by atoms with van der Waals surface area (Å²) in [5, 5.41) is 24.1. The van der Waals surface area contributed by atoms with Crippen molar-refractivity contribution < 1.29 is 65.5 Å². The van der Waals surface area contributed by atoms with Crippen LogP contribution in [0.2, 0.25) is 0 Å². The molecule has 0 amide bonds. The number of aromatic nitrogens is 11. The summed E-state index contributed by atoms with van der Waals surface area (Å²) in [6, 6.07) is 25.3. The van der Waals surface area contributed by atoms with Crippen molar-refractivity contribution in [1.82, 2.24) is 55.4 Å². The van der Waals surface area contributed by atoms with Crippen molar-refractivity contribution in [2.45, 2.75) is 38.5 Å². The fourth-order valence-electron chi connectivity index (χ4n) is 6.40. The Kier molecular flexibility index (Phi) is 29.9. The van der Waals surface area contributed by atoms with Gasteiger partial charge in [0.05, 0.1) is 18.4 Å². The monoisotopic (exact) mass is 1720 g/mol. The van der Waals surface area contributed by atoms with Gasteiger partial charge in [-0.15, -0.1) is 15.3 Å². The van der Waals surface area contributed by atoms with Gasteiger partial charge in [0.15, 0.2) is 0 Å². The molecule has 3 aliphatic rings. The average molecular weight is 1730 g/mol. The van der Waals surface area contributed by atoms with E-state index in [-0.39, 0.29) is 37.2 Å². The normalized spacial score (nSPS) is 15.7. The predicted molar refractivity (Wildman–Crippen MR) is 303 cm³/mol. The van der Waals surface area contributed by atoms with E-state index in [2.05, 4.69) is 54.6 Å². The van der Waals surface area contributed by atoms with Crippen LogP contribution in [-0.4, -0.2) is 162 Å².